The molecular formula is C14H26N2O2. The summed E-state index contributed by atoms with van der Waals surface area (Å²) in [6.45, 7) is 8.12. The smallest absolute Gasteiger partial charge is 0.0902 e. The molecule has 2 unspecified atom stereocenters. The number of morpholine rings is 1. The zero-order chi connectivity index (χ0) is 12.4. The van der Waals surface area contributed by atoms with E-state index in [1.165, 1.54) is 25.7 Å². The molecule has 0 amide bonds. The first-order chi connectivity index (χ1) is 8.77. The lowest BCUT2D eigenvalue weighted by atomic mass is 9.90. The van der Waals surface area contributed by atoms with Crippen LogP contribution in [0.1, 0.15) is 32.6 Å². The number of nitrogens with one attached hydrogen (secondary N) is 1. The lowest BCUT2D eigenvalue weighted by molar-refractivity contribution is -0.112. The Morgan fingerprint density at radius 3 is 2.94 bits per heavy atom. The van der Waals surface area contributed by atoms with Crippen LogP contribution in [0.25, 0.3) is 0 Å². The summed E-state index contributed by atoms with van der Waals surface area (Å²) in [4.78, 5) is 2.60. The van der Waals surface area contributed by atoms with Crippen molar-refractivity contribution in [2.75, 3.05) is 39.4 Å². The van der Waals surface area contributed by atoms with Crippen molar-refractivity contribution in [3.8, 4) is 0 Å². The molecule has 3 fully saturated rings. The van der Waals surface area contributed by atoms with Gasteiger partial charge in [0.2, 0.25) is 0 Å². The molecule has 2 aliphatic heterocycles. The van der Waals surface area contributed by atoms with Crippen LogP contribution >= 0.6 is 0 Å². The fourth-order valence-corrected chi connectivity index (χ4v) is 3.44. The van der Waals surface area contributed by atoms with Gasteiger partial charge in [0, 0.05) is 32.2 Å². The van der Waals surface area contributed by atoms with Gasteiger partial charge >= 0.3 is 0 Å². The zero-order valence-corrected chi connectivity index (χ0v) is 11.5. The lowest BCUT2D eigenvalue weighted by Crippen LogP contribution is -2.60. The van der Waals surface area contributed by atoms with Gasteiger partial charge in [-0.05, 0) is 19.8 Å². The summed E-state index contributed by atoms with van der Waals surface area (Å²) < 4.78 is 11.9. The molecule has 1 saturated carbocycles. The summed E-state index contributed by atoms with van der Waals surface area (Å²) in [7, 11) is 0. The van der Waals surface area contributed by atoms with Crippen molar-refractivity contribution in [1.82, 2.24) is 10.2 Å². The minimum Gasteiger partial charge on any atom is -0.375 e. The van der Waals surface area contributed by atoms with Crippen molar-refractivity contribution in [2.45, 2.75) is 50.4 Å². The highest BCUT2D eigenvalue weighted by Crippen LogP contribution is 2.28. The van der Waals surface area contributed by atoms with E-state index in [9.17, 15) is 0 Å². The van der Waals surface area contributed by atoms with Crippen molar-refractivity contribution < 1.29 is 9.47 Å². The molecule has 0 aromatic heterocycles. The standard InChI is InChI=1S/C14H26N2O2/c1-14(10-15-11-14)18-9-7-16-6-8-17-13-5-3-2-4-12(13)16/h12-13,15H,2-11H2,1H3. The molecule has 4 heteroatoms. The van der Waals surface area contributed by atoms with Gasteiger partial charge in [0.25, 0.3) is 0 Å². The lowest BCUT2D eigenvalue weighted by Gasteiger charge is -2.45. The number of hydrogen-bond donors (Lipinski definition) is 1. The Kier molecular flexibility index (Phi) is 3.89. The minimum absolute atomic E-state index is 0.0955. The molecule has 0 radical (unpaired) electrons. The van der Waals surface area contributed by atoms with Gasteiger partial charge in [-0.25, -0.2) is 0 Å². The summed E-state index contributed by atoms with van der Waals surface area (Å²) in [5.41, 5.74) is 0.0955. The van der Waals surface area contributed by atoms with Gasteiger partial charge in [-0.15, -0.1) is 0 Å². The summed E-state index contributed by atoms with van der Waals surface area (Å²) in [5, 5.41) is 3.28. The van der Waals surface area contributed by atoms with E-state index >= 15 is 0 Å². The third-order valence-corrected chi connectivity index (χ3v) is 4.67. The van der Waals surface area contributed by atoms with E-state index in [0.717, 1.165) is 39.4 Å². The Balaban J connectivity index is 1.45. The van der Waals surface area contributed by atoms with E-state index in [2.05, 4.69) is 17.1 Å². The normalized spacial score (nSPS) is 35.8. The molecule has 0 bridgehead atoms. The third kappa shape index (κ3) is 2.72. The Morgan fingerprint density at radius 2 is 2.17 bits per heavy atom. The maximum Gasteiger partial charge on any atom is 0.0902 e. The fraction of sp³-hybridized carbons (Fsp3) is 1.00. The van der Waals surface area contributed by atoms with Crippen LogP contribution in [-0.4, -0.2) is 62.0 Å². The Morgan fingerprint density at radius 1 is 1.33 bits per heavy atom. The summed E-state index contributed by atoms with van der Waals surface area (Å²) in [6, 6.07) is 0.656. The average molecular weight is 254 g/mol. The van der Waals surface area contributed by atoms with Gasteiger partial charge in [0.05, 0.1) is 24.9 Å². The maximum absolute atomic E-state index is 6.00. The Hall–Kier alpha value is -0.160. The van der Waals surface area contributed by atoms with Crippen LogP contribution in [0.15, 0.2) is 0 Å². The predicted molar refractivity (Wildman–Crippen MR) is 70.8 cm³/mol. The van der Waals surface area contributed by atoms with E-state index in [1.54, 1.807) is 0 Å². The molecule has 1 N–H and O–H groups in total. The van der Waals surface area contributed by atoms with Crippen molar-refractivity contribution in [3.63, 3.8) is 0 Å². The van der Waals surface area contributed by atoms with Crippen LogP contribution in [-0.2, 0) is 9.47 Å². The quantitative estimate of drug-likeness (QED) is 0.812. The van der Waals surface area contributed by atoms with Gasteiger partial charge in [-0.2, -0.15) is 0 Å². The Bertz CT molecular complexity index is 279. The summed E-state index contributed by atoms with van der Waals surface area (Å²) in [6.07, 6.45) is 5.76. The molecule has 0 aromatic rings. The molecule has 3 rings (SSSR count). The summed E-state index contributed by atoms with van der Waals surface area (Å²) >= 11 is 0. The van der Waals surface area contributed by atoms with Crippen molar-refractivity contribution >= 4 is 0 Å². The van der Waals surface area contributed by atoms with Crippen LogP contribution in [0.4, 0.5) is 0 Å². The second-order valence-corrected chi connectivity index (χ2v) is 6.20. The highest BCUT2D eigenvalue weighted by molar-refractivity contribution is 4.91. The molecule has 0 spiro atoms. The average Bonchev–Trinajstić information content (AvgIpc) is 2.37. The van der Waals surface area contributed by atoms with Crippen LogP contribution in [0, 0.1) is 0 Å². The van der Waals surface area contributed by atoms with Crippen molar-refractivity contribution in [2.24, 2.45) is 0 Å². The van der Waals surface area contributed by atoms with Crippen LogP contribution in [0.5, 0.6) is 0 Å². The molecule has 18 heavy (non-hydrogen) atoms. The highest BCUT2D eigenvalue weighted by atomic mass is 16.5. The topological polar surface area (TPSA) is 33.7 Å². The fourth-order valence-electron chi connectivity index (χ4n) is 3.44. The first-order valence-electron chi connectivity index (χ1n) is 7.47. The maximum atomic E-state index is 6.00. The second kappa shape index (κ2) is 5.45. The molecule has 2 saturated heterocycles. The molecule has 1 aliphatic carbocycles. The molecule has 3 aliphatic rings. The van der Waals surface area contributed by atoms with E-state index < -0.39 is 0 Å². The number of hydrogen-bond acceptors (Lipinski definition) is 4. The van der Waals surface area contributed by atoms with E-state index in [0.29, 0.717) is 12.1 Å². The van der Waals surface area contributed by atoms with Crippen LogP contribution < -0.4 is 5.32 Å². The number of fused-ring (bicyclic) bond motifs is 1. The van der Waals surface area contributed by atoms with Crippen LogP contribution in [0.2, 0.25) is 0 Å². The largest absolute Gasteiger partial charge is 0.375 e. The third-order valence-electron chi connectivity index (χ3n) is 4.67. The van der Waals surface area contributed by atoms with Gasteiger partial charge < -0.3 is 14.8 Å². The highest BCUT2D eigenvalue weighted by Gasteiger charge is 2.35. The van der Waals surface area contributed by atoms with Crippen LogP contribution in [0.3, 0.4) is 0 Å². The van der Waals surface area contributed by atoms with Gasteiger partial charge in [-0.1, -0.05) is 12.8 Å². The first kappa shape index (κ1) is 12.9. The molecule has 104 valence electrons. The van der Waals surface area contributed by atoms with Gasteiger partial charge in [0.1, 0.15) is 0 Å². The molecule has 4 nitrogen and oxygen atoms in total. The number of ether oxygens (including phenoxy) is 2. The summed E-state index contributed by atoms with van der Waals surface area (Å²) in [5.74, 6) is 0. The van der Waals surface area contributed by atoms with Gasteiger partial charge in [-0.3, -0.25) is 4.90 Å². The zero-order valence-electron chi connectivity index (χ0n) is 11.5. The monoisotopic (exact) mass is 254 g/mol. The minimum atomic E-state index is 0.0955. The van der Waals surface area contributed by atoms with E-state index in [1.807, 2.05) is 0 Å². The van der Waals surface area contributed by atoms with Gasteiger partial charge in [0.15, 0.2) is 0 Å². The first-order valence-corrected chi connectivity index (χ1v) is 7.47. The molecule has 0 aromatic carbocycles. The molecule has 2 atom stereocenters. The molecule has 2 heterocycles. The predicted octanol–water partition coefficient (Wildman–Crippen LogP) is 1.01. The molecular weight excluding hydrogens is 228 g/mol. The van der Waals surface area contributed by atoms with Crippen molar-refractivity contribution in [1.29, 1.82) is 0 Å². The van der Waals surface area contributed by atoms with Crippen molar-refractivity contribution in [3.05, 3.63) is 0 Å². The Labute approximate surface area is 110 Å². The number of nitrogens with zero attached hydrogens (tertiary/aromatic N) is 1. The van der Waals surface area contributed by atoms with E-state index in [-0.39, 0.29) is 5.60 Å². The van der Waals surface area contributed by atoms with E-state index in [4.69, 9.17) is 9.47 Å². The second-order valence-electron chi connectivity index (χ2n) is 6.20. The SMILES string of the molecule is CC1(OCCN2CCOC3CCCCC32)CNC1. The number of rotatable bonds is 4.